The third-order valence-corrected chi connectivity index (χ3v) is 4.08. The molecule has 0 saturated heterocycles. The van der Waals surface area contributed by atoms with Crippen LogP contribution in [0.4, 0.5) is 5.69 Å². The molecule has 1 aliphatic rings. The van der Waals surface area contributed by atoms with Crippen LogP contribution in [-0.4, -0.2) is 18.6 Å². The van der Waals surface area contributed by atoms with Crippen molar-refractivity contribution in [2.24, 2.45) is 5.73 Å². The van der Waals surface area contributed by atoms with Gasteiger partial charge in [-0.2, -0.15) is 0 Å². The lowest BCUT2D eigenvalue weighted by Gasteiger charge is -2.27. The monoisotopic (exact) mass is 266 g/mol. The predicted molar refractivity (Wildman–Crippen MR) is 79.5 cm³/mol. The summed E-state index contributed by atoms with van der Waals surface area (Å²) in [7, 11) is 0. The first-order valence-electron chi connectivity index (χ1n) is 6.97. The van der Waals surface area contributed by atoms with Gasteiger partial charge in [0.2, 0.25) is 0 Å². The Morgan fingerprint density at radius 3 is 2.67 bits per heavy atom. The van der Waals surface area contributed by atoms with Crippen LogP contribution in [0.25, 0.3) is 0 Å². The van der Waals surface area contributed by atoms with Gasteiger partial charge in [-0.25, -0.2) is 0 Å². The molecule has 1 unspecified atom stereocenters. The standard InChI is InChI=1S/C15H23ClN2/c1-3-11(17)10-13-14(16)6-5-7-15(13)18(4-2)12-8-9-12/h5-7,11-12H,3-4,8-10,17H2,1-2H3. The summed E-state index contributed by atoms with van der Waals surface area (Å²) in [6.07, 6.45) is 4.47. The maximum absolute atomic E-state index is 6.37. The predicted octanol–water partition coefficient (Wildman–Crippen LogP) is 3.61. The molecule has 1 aromatic rings. The minimum absolute atomic E-state index is 0.196. The molecule has 0 aliphatic heterocycles. The van der Waals surface area contributed by atoms with Crippen molar-refractivity contribution < 1.29 is 0 Å². The quantitative estimate of drug-likeness (QED) is 0.852. The Bertz CT molecular complexity index is 401. The van der Waals surface area contributed by atoms with Gasteiger partial charge in [0.1, 0.15) is 0 Å². The molecule has 1 saturated carbocycles. The van der Waals surface area contributed by atoms with Crippen LogP contribution in [-0.2, 0) is 6.42 Å². The second-order valence-electron chi connectivity index (χ2n) is 5.13. The van der Waals surface area contributed by atoms with E-state index < -0.39 is 0 Å². The molecular weight excluding hydrogens is 244 g/mol. The molecule has 18 heavy (non-hydrogen) atoms. The summed E-state index contributed by atoms with van der Waals surface area (Å²) in [6.45, 7) is 5.38. The molecule has 2 nitrogen and oxygen atoms in total. The highest BCUT2D eigenvalue weighted by atomic mass is 35.5. The second-order valence-corrected chi connectivity index (χ2v) is 5.53. The highest BCUT2D eigenvalue weighted by Crippen LogP contribution is 2.36. The third-order valence-electron chi connectivity index (χ3n) is 3.72. The summed E-state index contributed by atoms with van der Waals surface area (Å²) < 4.78 is 0. The van der Waals surface area contributed by atoms with Gasteiger partial charge in [-0.05, 0) is 50.3 Å². The maximum atomic E-state index is 6.37. The lowest BCUT2D eigenvalue weighted by molar-refractivity contribution is 0.644. The van der Waals surface area contributed by atoms with Crippen molar-refractivity contribution in [3.8, 4) is 0 Å². The van der Waals surface area contributed by atoms with Crippen molar-refractivity contribution in [1.29, 1.82) is 0 Å². The van der Waals surface area contributed by atoms with Gasteiger partial charge in [-0.1, -0.05) is 24.6 Å². The molecule has 1 atom stereocenters. The van der Waals surface area contributed by atoms with Gasteiger partial charge in [-0.3, -0.25) is 0 Å². The first kappa shape index (κ1) is 13.7. The van der Waals surface area contributed by atoms with E-state index in [1.165, 1.54) is 24.1 Å². The van der Waals surface area contributed by atoms with Crippen LogP contribution in [0.15, 0.2) is 18.2 Å². The molecule has 0 radical (unpaired) electrons. The van der Waals surface area contributed by atoms with E-state index in [1.54, 1.807) is 0 Å². The van der Waals surface area contributed by atoms with Crippen molar-refractivity contribution in [1.82, 2.24) is 0 Å². The molecule has 100 valence electrons. The van der Waals surface area contributed by atoms with E-state index in [9.17, 15) is 0 Å². The molecule has 0 amide bonds. The van der Waals surface area contributed by atoms with Crippen LogP contribution in [0.1, 0.15) is 38.7 Å². The maximum Gasteiger partial charge on any atom is 0.0459 e. The minimum Gasteiger partial charge on any atom is -0.369 e. The van der Waals surface area contributed by atoms with Gasteiger partial charge in [0.25, 0.3) is 0 Å². The van der Waals surface area contributed by atoms with Gasteiger partial charge >= 0.3 is 0 Å². The zero-order valence-electron chi connectivity index (χ0n) is 11.3. The van der Waals surface area contributed by atoms with E-state index in [0.29, 0.717) is 6.04 Å². The summed E-state index contributed by atoms with van der Waals surface area (Å²) in [6, 6.07) is 7.12. The second kappa shape index (κ2) is 5.94. The van der Waals surface area contributed by atoms with Crippen LogP contribution in [0.5, 0.6) is 0 Å². The molecule has 2 N–H and O–H groups in total. The van der Waals surface area contributed by atoms with E-state index in [4.69, 9.17) is 17.3 Å². The summed E-state index contributed by atoms with van der Waals surface area (Å²) in [5, 5.41) is 0.857. The van der Waals surface area contributed by atoms with Crippen molar-refractivity contribution in [3.63, 3.8) is 0 Å². The highest BCUT2D eigenvalue weighted by Gasteiger charge is 2.29. The molecule has 1 aromatic carbocycles. The van der Waals surface area contributed by atoms with E-state index in [0.717, 1.165) is 24.4 Å². The summed E-state index contributed by atoms with van der Waals surface area (Å²) >= 11 is 6.37. The van der Waals surface area contributed by atoms with Gasteiger partial charge in [0.05, 0.1) is 0 Å². The molecule has 0 heterocycles. The van der Waals surface area contributed by atoms with Gasteiger partial charge < -0.3 is 10.6 Å². The molecule has 1 fully saturated rings. The molecular formula is C15H23ClN2. The Morgan fingerprint density at radius 1 is 1.39 bits per heavy atom. The topological polar surface area (TPSA) is 29.3 Å². The van der Waals surface area contributed by atoms with E-state index in [2.05, 4.69) is 24.8 Å². The summed E-state index contributed by atoms with van der Waals surface area (Å²) in [4.78, 5) is 2.48. The highest BCUT2D eigenvalue weighted by molar-refractivity contribution is 6.31. The Hall–Kier alpha value is -0.730. The number of halogens is 1. The fourth-order valence-corrected chi connectivity index (χ4v) is 2.68. The van der Waals surface area contributed by atoms with E-state index >= 15 is 0 Å². The first-order valence-corrected chi connectivity index (χ1v) is 7.34. The largest absolute Gasteiger partial charge is 0.369 e. The number of benzene rings is 1. The smallest absolute Gasteiger partial charge is 0.0459 e. The third kappa shape index (κ3) is 2.99. The van der Waals surface area contributed by atoms with Gasteiger partial charge in [-0.15, -0.1) is 0 Å². The van der Waals surface area contributed by atoms with Crippen molar-refractivity contribution in [2.75, 3.05) is 11.4 Å². The molecule has 1 aliphatic carbocycles. The minimum atomic E-state index is 0.196. The molecule has 3 heteroatoms. The first-order chi connectivity index (χ1) is 8.67. The Kier molecular flexibility index (Phi) is 4.52. The number of anilines is 1. The fourth-order valence-electron chi connectivity index (χ4n) is 2.44. The lowest BCUT2D eigenvalue weighted by Crippen LogP contribution is -2.28. The van der Waals surface area contributed by atoms with Gasteiger partial charge in [0, 0.05) is 29.3 Å². The van der Waals surface area contributed by atoms with E-state index in [-0.39, 0.29) is 6.04 Å². The molecule has 0 bridgehead atoms. The Balaban J connectivity index is 2.30. The zero-order chi connectivity index (χ0) is 13.1. The van der Waals surface area contributed by atoms with E-state index in [1.807, 2.05) is 12.1 Å². The van der Waals surface area contributed by atoms with Crippen LogP contribution < -0.4 is 10.6 Å². The number of hydrogen-bond acceptors (Lipinski definition) is 2. The Morgan fingerprint density at radius 2 is 2.11 bits per heavy atom. The number of rotatable bonds is 6. The van der Waals surface area contributed by atoms with Crippen LogP contribution in [0.3, 0.4) is 0 Å². The fraction of sp³-hybridized carbons (Fsp3) is 0.600. The van der Waals surface area contributed by atoms with Crippen molar-refractivity contribution >= 4 is 17.3 Å². The Labute approximate surface area is 115 Å². The molecule has 2 rings (SSSR count). The summed E-state index contributed by atoms with van der Waals surface area (Å²) in [5.41, 5.74) is 8.61. The van der Waals surface area contributed by atoms with Gasteiger partial charge in [0.15, 0.2) is 0 Å². The van der Waals surface area contributed by atoms with Crippen molar-refractivity contribution in [3.05, 3.63) is 28.8 Å². The normalized spacial score (nSPS) is 16.7. The van der Waals surface area contributed by atoms with Crippen LogP contribution in [0.2, 0.25) is 5.02 Å². The van der Waals surface area contributed by atoms with Crippen molar-refractivity contribution in [2.45, 2.75) is 51.6 Å². The lowest BCUT2D eigenvalue weighted by atomic mass is 10.0. The average molecular weight is 267 g/mol. The summed E-state index contributed by atoms with van der Waals surface area (Å²) in [5.74, 6) is 0. The average Bonchev–Trinajstić information content (AvgIpc) is 3.18. The van der Waals surface area contributed by atoms with Crippen LogP contribution >= 0.6 is 11.6 Å². The molecule has 0 spiro atoms. The van der Waals surface area contributed by atoms with Crippen LogP contribution in [0, 0.1) is 0 Å². The molecule has 0 aromatic heterocycles. The number of hydrogen-bond donors (Lipinski definition) is 1. The zero-order valence-corrected chi connectivity index (χ0v) is 12.1. The SMILES string of the molecule is CCC(N)Cc1c(Cl)cccc1N(CC)C1CC1. The number of nitrogens with zero attached hydrogens (tertiary/aromatic N) is 1. The number of nitrogens with two attached hydrogens (primary N) is 1.